The van der Waals surface area contributed by atoms with E-state index in [9.17, 15) is 9.59 Å². The topological polar surface area (TPSA) is 72.6 Å². The van der Waals surface area contributed by atoms with E-state index in [4.69, 9.17) is 14.1 Å². The molecule has 1 amide bonds. The Balaban J connectivity index is 1.47. The molecule has 32 heavy (non-hydrogen) atoms. The van der Waals surface area contributed by atoms with E-state index in [2.05, 4.69) is 0 Å². The quantitative estimate of drug-likeness (QED) is 0.504. The lowest BCUT2D eigenvalue weighted by Gasteiger charge is -2.31. The second-order valence-corrected chi connectivity index (χ2v) is 7.95. The summed E-state index contributed by atoms with van der Waals surface area (Å²) in [7, 11) is 0. The molecule has 1 atom stereocenters. The average Bonchev–Trinajstić information content (AvgIpc) is 3.28. The van der Waals surface area contributed by atoms with Gasteiger partial charge >= 0.3 is 5.97 Å². The highest BCUT2D eigenvalue weighted by atomic mass is 16.5. The minimum absolute atomic E-state index is 0.0136. The molecule has 1 fully saturated rings. The van der Waals surface area contributed by atoms with E-state index in [-0.39, 0.29) is 17.8 Å². The lowest BCUT2D eigenvalue weighted by molar-refractivity contribution is -0.151. The van der Waals surface area contributed by atoms with Gasteiger partial charge in [0, 0.05) is 37.1 Å². The maximum absolute atomic E-state index is 12.8. The third-order valence-corrected chi connectivity index (χ3v) is 5.70. The van der Waals surface area contributed by atoms with Gasteiger partial charge in [-0.3, -0.25) is 9.59 Å². The van der Waals surface area contributed by atoms with E-state index < -0.39 is 0 Å². The molecule has 166 valence electrons. The highest BCUT2D eigenvalue weighted by Crippen LogP contribution is 2.33. The number of carbonyl (C=O) groups is 2. The number of aryl methyl sites for hydroxylation is 1. The highest BCUT2D eigenvalue weighted by molar-refractivity contribution is 5.79. The summed E-state index contributed by atoms with van der Waals surface area (Å²) in [5, 5.41) is 0. The average molecular weight is 433 g/mol. The van der Waals surface area contributed by atoms with Gasteiger partial charge in [-0.05, 0) is 19.8 Å². The largest absolute Gasteiger partial charge is 0.466 e. The zero-order chi connectivity index (χ0) is 22.3. The Bertz CT molecular complexity index is 989. The Labute approximate surface area is 188 Å². The molecular weight excluding hydrogens is 404 g/mol. The van der Waals surface area contributed by atoms with Crippen molar-refractivity contribution in [3.05, 3.63) is 66.6 Å². The monoisotopic (exact) mass is 432 g/mol. The van der Waals surface area contributed by atoms with Gasteiger partial charge in [0.1, 0.15) is 5.69 Å². The summed E-state index contributed by atoms with van der Waals surface area (Å²) in [6, 6.07) is 19.8. The van der Waals surface area contributed by atoms with E-state index in [0.29, 0.717) is 44.2 Å². The maximum Gasteiger partial charge on any atom is 0.310 e. The van der Waals surface area contributed by atoms with Crippen LogP contribution < -0.4 is 0 Å². The van der Waals surface area contributed by atoms with Crippen LogP contribution in [0.3, 0.4) is 0 Å². The number of oxazole rings is 1. The predicted octanol–water partition coefficient (Wildman–Crippen LogP) is 4.74. The first-order valence-corrected chi connectivity index (χ1v) is 11.2. The van der Waals surface area contributed by atoms with Gasteiger partial charge in [-0.15, -0.1) is 0 Å². The first kappa shape index (κ1) is 21.8. The number of aromatic nitrogens is 1. The van der Waals surface area contributed by atoms with Crippen LogP contribution in [-0.4, -0.2) is 41.5 Å². The van der Waals surface area contributed by atoms with Crippen LogP contribution in [0.25, 0.3) is 22.6 Å². The molecular formula is C26H28N2O4. The second kappa shape index (κ2) is 10.3. The molecule has 0 bridgehead atoms. The molecule has 0 aliphatic carbocycles. The Morgan fingerprint density at radius 1 is 1.06 bits per heavy atom. The van der Waals surface area contributed by atoms with Crippen molar-refractivity contribution in [3.8, 4) is 22.6 Å². The van der Waals surface area contributed by atoms with Crippen molar-refractivity contribution < 1.29 is 18.7 Å². The van der Waals surface area contributed by atoms with Crippen LogP contribution in [-0.2, 0) is 20.7 Å². The summed E-state index contributed by atoms with van der Waals surface area (Å²) < 4.78 is 11.3. The number of hydrogen-bond donors (Lipinski definition) is 0. The maximum atomic E-state index is 12.8. The minimum Gasteiger partial charge on any atom is -0.466 e. The third-order valence-electron chi connectivity index (χ3n) is 5.70. The van der Waals surface area contributed by atoms with Gasteiger partial charge in [0.15, 0.2) is 11.7 Å². The number of hydrogen-bond acceptors (Lipinski definition) is 5. The van der Waals surface area contributed by atoms with Crippen LogP contribution in [0.15, 0.2) is 65.1 Å². The zero-order valence-electron chi connectivity index (χ0n) is 18.3. The minimum atomic E-state index is -0.233. The van der Waals surface area contributed by atoms with Crippen LogP contribution in [0.4, 0.5) is 0 Å². The summed E-state index contributed by atoms with van der Waals surface area (Å²) in [6.45, 7) is 3.26. The van der Waals surface area contributed by atoms with E-state index in [1.54, 1.807) is 11.8 Å². The lowest BCUT2D eigenvalue weighted by Crippen LogP contribution is -2.42. The molecule has 0 spiro atoms. The molecule has 1 aliphatic heterocycles. The molecule has 1 aromatic heterocycles. The van der Waals surface area contributed by atoms with Crippen molar-refractivity contribution in [2.75, 3.05) is 19.7 Å². The lowest BCUT2D eigenvalue weighted by atomic mass is 9.98. The molecule has 2 aromatic carbocycles. The zero-order valence-corrected chi connectivity index (χ0v) is 18.3. The van der Waals surface area contributed by atoms with Gasteiger partial charge < -0.3 is 14.1 Å². The Morgan fingerprint density at radius 2 is 1.75 bits per heavy atom. The van der Waals surface area contributed by atoms with E-state index in [1.807, 2.05) is 60.7 Å². The van der Waals surface area contributed by atoms with Crippen molar-refractivity contribution in [2.45, 2.75) is 32.6 Å². The van der Waals surface area contributed by atoms with E-state index >= 15 is 0 Å². The summed E-state index contributed by atoms with van der Waals surface area (Å²) >= 11 is 0. The number of ether oxygens (including phenoxy) is 1. The van der Waals surface area contributed by atoms with E-state index in [0.717, 1.165) is 29.7 Å². The van der Waals surface area contributed by atoms with Crippen LogP contribution >= 0.6 is 0 Å². The molecule has 6 heteroatoms. The molecule has 1 unspecified atom stereocenters. The standard InChI is InChI=1S/C26H28N2O4/c1-2-31-26(30)21-14-9-17-28(18-21)23(29)16-15-22-27-24(19-10-5-3-6-11-19)25(32-22)20-12-7-4-8-13-20/h3-8,10-13,21H,2,9,14-18H2,1H3. The van der Waals surface area contributed by atoms with Crippen LogP contribution in [0.2, 0.25) is 0 Å². The fourth-order valence-corrected chi connectivity index (χ4v) is 4.08. The summed E-state index contributed by atoms with van der Waals surface area (Å²) in [4.78, 5) is 31.4. The fourth-order valence-electron chi connectivity index (χ4n) is 4.08. The highest BCUT2D eigenvalue weighted by Gasteiger charge is 2.29. The smallest absolute Gasteiger partial charge is 0.310 e. The normalized spacial score (nSPS) is 16.0. The molecule has 2 heterocycles. The van der Waals surface area contributed by atoms with Crippen molar-refractivity contribution in [2.24, 2.45) is 5.92 Å². The number of likely N-dealkylation sites (tertiary alicyclic amines) is 1. The molecule has 6 nitrogen and oxygen atoms in total. The van der Waals surface area contributed by atoms with Crippen molar-refractivity contribution >= 4 is 11.9 Å². The van der Waals surface area contributed by atoms with Gasteiger partial charge in [0.05, 0.1) is 12.5 Å². The van der Waals surface area contributed by atoms with E-state index in [1.165, 1.54) is 0 Å². The molecule has 0 radical (unpaired) electrons. The summed E-state index contributed by atoms with van der Waals surface area (Å²) in [5.74, 6) is 0.816. The Morgan fingerprint density at radius 3 is 2.44 bits per heavy atom. The second-order valence-electron chi connectivity index (χ2n) is 7.95. The number of piperidine rings is 1. The van der Waals surface area contributed by atoms with Crippen LogP contribution in [0.1, 0.15) is 32.1 Å². The van der Waals surface area contributed by atoms with Crippen LogP contribution in [0, 0.1) is 5.92 Å². The summed E-state index contributed by atoms with van der Waals surface area (Å²) in [6.07, 6.45) is 2.28. The van der Waals surface area contributed by atoms with Gasteiger partial charge in [0.2, 0.25) is 5.91 Å². The van der Waals surface area contributed by atoms with Gasteiger partial charge in [-0.1, -0.05) is 60.7 Å². The van der Waals surface area contributed by atoms with Crippen molar-refractivity contribution in [1.82, 2.24) is 9.88 Å². The Kier molecular flexibility index (Phi) is 7.00. The number of carbonyl (C=O) groups excluding carboxylic acids is 2. The molecule has 1 saturated heterocycles. The molecule has 0 N–H and O–H groups in total. The third kappa shape index (κ3) is 5.07. The number of amides is 1. The molecule has 4 rings (SSSR count). The fraction of sp³-hybridized carbons (Fsp3) is 0.346. The number of rotatable bonds is 7. The van der Waals surface area contributed by atoms with Crippen LogP contribution in [0.5, 0.6) is 0 Å². The first-order valence-electron chi connectivity index (χ1n) is 11.2. The molecule has 1 aliphatic rings. The van der Waals surface area contributed by atoms with Gasteiger partial charge in [-0.25, -0.2) is 4.98 Å². The van der Waals surface area contributed by atoms with Gasteiger partial charge in [-0.2, -0.15) is 0 Å². The predicted molar refractivity (Wildman–Crippen MR) is 122 cm³/mol. The number of benzene rings is 2. The van der Waals surface area contributed by atoms with Gasteiger partial charge in [0.25, 0.3) is 0 Å². The molecule has 0 saturated carbocycles. The van der Waals surface area contributed by atoms with Crippen molar-refractivity contribution in [3.63, 3.8) is 0 Å². The molecule has 3 aromatic rings. The van der Waals surface area contributed by atoms with Crippen molar-refractivity contribution in [1.29, 1.82) is 0 Å². The summed E-state index contributed by atoms with van der Waals surface area (Å²) in [5.41, 5.74) is 2.70. The SMILES string of the molecule is CCOC(=O)C1CCCN(C(=O)CCc2nc(-c3ccccc3)c(-c3ccccc3)o2)C1. The number of nitrogens with zero attached hydrogens (tertiary/aromatic N) is 2. The number of esters is 1. The first-order chi connectivity index (χ1) is 15.7. The Hall–Kier alpha value is -3.41.